The summed E-state index contributed by atoms with van der Waals surface area (Å²) < 4.78 is 29.3. The van der Waals surface area contributed by atoms with Crippen LogP contribution in [0.5, 0.6) is 11.5 Å². The van der Waals surface area contributed by atoms with Crippen molar-refractivity contribution < 1.29 is 18.6 Å². The van der Waals surface area contributed by atoms with Crippen LogP contribution < -0.4 is 10.5 Å². The number of hydrogen-bond acceptors (Lipinski definition) is 3. The fourth-order valence-corrected chi connectivity index (χ4v) is 1.11. The lowest BCUT2D eigenvalue weighted by Gasteiger charge is -2.14. The van der Waals surface area contributed by atoms with E-state index in [4.69, 9.17) is 10.5 Å². The molecule has 0 aliphatic carbocycles. The van der Waals surface area contributed by atoms with Crippen molar-refractivity contribution in [3.8, 4) is 11.5 Å². The average molecular weight is 203 g/mol. The van der Waals surface area contributed by atoms with E-state index in [0.29, 0.717) is 0 Å². The Balaban J connectivity index is 3.09. The van der Waals surface area contributed by atoms with Gasteiger partial charge in [-0.05, 0) is 6.07 Å². The van der Waals surface area contributed by atoms with Crippen molar-refractivity contribution in [1.29, 1.82) is 0 Å². The Kier molecular flexibility index (Phi) is 3.24. The second-order valence-corrected chi connectivity index (χ2v) is 2.76. The van der Waals surface area contributed by atoms with E-state index in [1.54, 1.807) is 0 Å². The molecule has 1 aromatic carbocycles. The lowest BCUT2D eigenvalue weighted by molar-refractivity contribution is 0.115. The summed E-state index contributed by atoms with van der Waals surface area (Å²) in [6.07, 6.45) is -2.71. The third kappa shape index (κ3) is 1.93. The molecule has 0 saturated heterocycles. The second kappa shape index (κ2) is 4.23. The number of nitrogens with two attached hydrogens (primary N) is 1. The lowest BCUT2D eigenvalue weighted by Crippen LogP contribution is -2.19. The quantitative estimate of drug-likeness (QED) is 0.785. The Morgan fingerprint density at radius 3 is 2.57 bits per heavy atom. The highest BCUT2D eigenvalue weighted by atomic mass is 19.3. The average Bonchev–Trinajstić information content (AvgIpc) is 2.17. The predicted molar refractivity (Wildman–Crippen MR) is 47.6 cm³/mol. The molecule has 3 N–H and O–H groups in total. The monoisotopic (exact) mass is 203 g/mol. The minimum Gasteiger partial charge on any atom is -0.504 e. The Labute approximate surface area is 80.1 Å². The first-order valence-electron chi connectivity index (χ1n) is 3.97. The van der Waals surface area contributed by atoms with Crippen molar-refractivity contribution >= 4 is 0 Å². The molecule has 0 saturated carbocycles. The van der Waals surface area contributed by atoms with Crippen molar-refractivity contribution in [2.24, 2.45) is 5.73 Å². The van der Waals surface area contributed by atoms with Gasteiger partial charge in [0.05, 0.1) is 13.2 Å². The first kappa shape index (κ1) is 10.7. The van der Waals surface area contributed by atoms with Gasteiger partial charge in [0.1, 0.15) is 0 Å². The van der Waals surface area contributed by atoms with E-state index in [1.165, 1.54) is 25.3 Å². The molecule has 5 heteroatoms. The van der Waals surface area contributed by atoms with Gasteiger partial charge in [-0.15, -0.1) is 0 Å². The van der Waals surface area contributed by atoms with Crippen LogP contribution in [0.4, 0.5) is 8.78 Å². The fourth-order valence-electron chi connectivity index (χ4n) is 1.11. The molecule has 0 aliphatic rings. The molecular weight excluding hydrogens is 192 g/mol. The first-order valence-corrected chi connectivity index (χ1v) is 3.97. The van der Waals surface area contributed by atoms with Crippen LogP contribution in [0.3, 0.4) is 0 Å². The van der Waals surface area contributed by atoms with Crippen molar-refractivity contribution in [3.05, 3.63) is 23.8 Å². The van der Waals surface area contributed by atoms with Crippen molar-refractivity contribution in [3.63, 3.8) is 0 Å². The molecule has 0 spiro atoms. The van der Waals surface area contributed by atoms with Crippen LogP contribution in [0.1, 0.15) is 11.6 Å². The molecule has 1 atom stereocenters. The van der Waals surface area contributed by atoms with Gasteiger partial charge in [0, 0.05) is 5.56 Å². The van der Waals surface area contributed by atoms with Gasteiger partial charge in [-0.3, -0.25) is 0 Å². The highest BCUT2D eigenvalue weighted by Gasteiger charge is 2.22. The number of phenolic OH excluding ortho intramolecular Hbond substituents is 1. The highest BCUT2D eigenvalue weighted by Crippen LogP contribution is 2.34. The van der Waals surface area contributed by atoms with Gasteiger partial charge in [0.15, 0.2) is 11.5 Å². The Hall–Kier alpha value is -1.36. The van der Waals surface area contributed by atoms with Crippen LogP contribution in [0.25, 0.3) is 0 Å². The number of hydrogen-bond donors (Lipinski definition) is 2. The zero-order valence-corrected chi connectivity index (χ0v) is 7.58. The van der Waals surface area contributed by atoms with Crippen molar-refractivity contribution in [2.45, 2.75) is 12.5 Å². The maximum atomic E-state index is 12.3. The topological polar surface area (TPSA) is 55.5 Å². The molecule has 1 rings (SSSR count). The van der Waals surface area contributed by atoms with Crippen LogP contribution in [0.2, 0.25) is 0 Å². The Bertz CT molecular complexity index is 318. The third-order valence-electron chi connectivity index (χ3n) is 1.88. The summed E-state index contributed by atoms with van der Waals surface area (Å²) in [6.45, 7) is 0. The van der Waals surface area contributed by atoms with Crippen LogP contribution in [-0.4, -0.2) is 18.6 Å². The van der Waals surface area contributed by atoms with Gasteiger partial charge in [0.25, 0.3) is 6.43 Å². The molecule has 0 aliphatic heterocycles. The largest absolute Gasteiger partial charge is 0.504 e. The van der Waals surface area contributed by atoms with E-state index in [9.17, 15) is 13.9 Å². The molecule has 0 amide bonds. The van der Waals surface area contributed by atoms with E-state index >= 15 is 0 Å². The SMILES string of the molecule is COc1cccc([C@@H](N)C(F)F)c1O. The van der Waals surface area contributed by atoms with Crippen molar-refractivity contribution in [2.75, 3.05) is 7.11 Å². The van der Waals surface area contributed by atoms with E-state index in [2.05, 4.69) is 0 Å². The molecule has 0 radical (unpaired) electrons. The summed E-state index contributed by atoms with van der Waals surface area (Å²) in [5.41, 5.74) is 5.18. The summed E-state index contributed by atoms with van der Waals surface area (Å²) in [6, 6.07) is 2.81. The van der Waals surface area contributed by atoms with Crippen LogP contribution in [-0.2, 0) is 0 Å². The molecule has 1 aromatic rings. The molecule has 0 unspecified atom stereocenters. The van der Waals surface area contributed by atoms with Gasteiger partial charge in [0.2, 0.25) is 0 Å². The van der Waals surface area contributed by atoms with E-state index < -0.39 is 12.5 Å². The van der Waals surface area contributed by atoms with Gasteiger partial charge in [-0.2, -0.15) is 0 Å². The zero-order chi connectivity index (χ0) is 10.7. The summed E-state index contributed by atoms with van der Waals surface area (Å²) in [5, 5.41) is 9.47. The predicted octanol–water partition coefficient (Wildman–Crippen LogP) is 1.67. The smallest absolute Gasteiger partial charge is 0.257 e. The number of benzene rings is 1. The first-order chi connectivity index (χ1) is 6.57. The molecule has 14 heavy (non-hydrogen) atoms. The normalized spacial score (nSPS) is 12.9. The number of halogens is 2. The maximum Gasteiger partial charge on any atom is 0.257 e. The molecule has 3 nitrogen and oxygen atoms in total. The molecule has 0 bridgehead atoms. The minimum atomic E-state index is -2.71. The van der Waals surface area contributed by atoms with E-state index in [1.807, 2.05) is 0 Å². The van der Waals surface area contributed by atoms with Gasteiger partial charge < -0.3 is 15.6 Å². The minimum absolute atomic E-state index is 0.0145. The van der Waals surface area contributed by atoms with Crippen LogP contribution >= 0.6 is 0 Å². The summed E-state index contributed by atoms with van der Waals surface area (Å²) in [5.74, 6) is -0.193. The number of rotatable bonds is 3. The standard InChI is InChI=1S/C9H11F2NO2/c1-14-6-4-2-3-5(8(6)13)7(12)9(10)11/h2-4,7,9,13H,12H2,1H3/t7-/m1/s1. The van der Waals surface area contributed by atoms with Gasteiger partial charge in [-0.1, -0.05) is 12.1 Å². The second-order valence-electron chi connectivity index (χ2n) is 2.76. The number of ether oxygens (including phenoxy) is 1. The molecule has 0 heterocycles. The van der Waals surface area contributed by atoms with E-state index in [0.717, 1.165) is 0 Å². The Morgan fingerprint density at radius 1 is 1.43 bits per heavy atom. The number of alkyl halides is 2. The summed E-state index contributed by atoms with van der Waals surface area (Å²) >= 11 is 0. The number of para-hydroxylation sites is 1. The zero-order valence-electron chi connectivity index (χ0n) is 7.58. The number of phenols is 1. The Morgan fingerprint density at radius 2 is 2.07 bits per heavy atom. The van der Waals surface area contributed by atoms with Crippen LogP contribution in [0.15, 0.2) is 18.2 Å². The van der Waals surface area contributed by atoms with Crippen LogP contribution in [0, 0.1) is 0 Å². The summed E-state index contributed by atoms with van der Waals surface area (Å²) in [7, 11) is 1.34. The number of methoxy groups -OCH3 is 1. The molecule has 0 fully saturated rings. The molecule has 78 valence electrons. The number of aromatic hydroxyl groups is 1. The lowest BCUT2D eigenvalue weighted by atomic mass is 10.1. The molecular formula is C9H11F2NO2. The van der Waals surface area contributed by atoms with Gasteiger partial charge in [-0.25, -0.2) is 8.78 Å². The highest BCUT2D eigenvalue weighted by molar-refractivity contribution is 5.46. The fraction of sp³-hybridized carbons (Fsp3) is 0.333. The summed E-state index contributed by atoms with van der Waals surface area (Å²) in [4.78, 5) is 0. The van der Waals surface area contributed by atoms with Crippen molar-refractivity contribution in [1.82, 2.24) is 0 Å². The third-order valence-corrected chi connectivity index (χ3v) is 1.88. The van der Waals surface area contributed by atoms with E-state index in [-0.39, 0.29) is 17.1 Å². The van der Waals surface area contributed by atoms with Gasteiger partial charge >= 0.3 is 0 Å². The maximum absolute atomic E-state index is 12.3. The molecule has 0 aromatic heterocycles.